The van der Waals surface area contributed by atoms with Crippen molar-refractivity contribution >= 4 is 22.7 Å². The molecule has 3 heterocycles. The second kappa shape index (κ2) is 7.43. The Bertz CT molecular complexity index is 1300. The van der Waals surface area contributed by atoms with Crippen molar-refractivity contribution in [1.82, 2.24) is 19.5 Å². The van der Waals surface area contributed by atoms with Gasteiger partial charge in [-0.15, -0.1) is 0 Å². The van der Waals surface area contributed by atoms with Crippen LogP contribution in [-0.2, 0) is 6.18 Å². The molecule has 0 spiro atoms. The van der Waals surface area contributed by atoms with Gasteiger partial charge < -0.3 is 5.32 Å². The Labute approximate surface area is 179 Å². The molecule has 1 aliphatic carbocycles. The molecule has 3 aromatic heterocycles. The third-order valence-corrected chi connectivity index (χ3v) is 5.10. The zero-order valence-electron chi connectivity index (χ0n) is 16.8. The fourth-order valence-electron chi connectivity index (χ4n) is 3.43. The van der Waals surface area contributed by atoms with E-state index >= 15 is 0 Å². The molecule has 1 aromatic carbocycles. The Hall–Kier alpha value is -3.76. The molecule has 5 rings (SSSR count). The molecule has 7 nitrogen and oxygen atoms in total. The molecular formula is C21H17F4N6O+. The van der Waals surface area contributed by atoms with Gasteiger partial charge in [-0.2, -0.15) is 13.2 Å². The van der Waals surface area contributed by atoms with Crippen LogP contribution in [0.15, 0.2) is 48.9 Å². The van der Waals surface area contributed by atoms with Crippen LogP contribution in [0.5, 0.6) is 0 Å². The van der Waals surface area contributed by atoms with E-state index in [9.17, 15) is 17.6 Å². The number of fused-ring (bicyclic) bond motifs is 1. The molecule has 0 saturated heterocycles. The lowest BCUT2D eigenvalue weighted by atomic mass is 10.2. The average molecular weight is 445 g/mol. The van der Waals surface area contributed by atoms with Gasteiger partial charge in [0.2, 0.25) is 11.6 Å². The number of hydrogen-bond donors (Lipinski definition) is 1. The molecule has 1 fully saturated rings. The van der Waals surface area contributed by atoms with Crippen LogP contribution in [0, 0.1) is 5.82 Å². The van der Waals surface area contributed by atoms with Crippen molar-refractivity contribution in [1.29, 1.82) is 0 Å². The number of nitrogens with one attached hydrogen (secondary N) is 1. The first-order chi connectivity index (χ1) is 15.3. The van der Waals surface area contributed by atoms with Gasteiger partial charge in [0.1, 0.15) is 18.8 Å². The van der Waals surface area contributed by atoms with Crippen LogP contribution < -0.4 is 14.9 Å². The first kappa shape index (κ1) is 20.2. The third kappa shape index (κ3) is 3.81. The first-order valence-corrected chi connectivity index (χ1v) is 9.78. The van der Waals surface area contributed by atoms with Gasteiger partial charge in [0.15, 0.2) is 5.65 Å². The van der Waals surface area contributed by atoms with Gasteiger partial charge >= 0.3 is 6.18 Å². The van der Waals surface area contributed by atoms with Crippen molar-refractivity contribution in [2.75, 3.05) is 12.4 Å². The van der Waals surface area contributed by atoms with Gasteiger partial charge in [0.25, 0.3) is 12.4 Å². The molecule has 0 atom stereocenters. The predicted molar refractivity (Wildman–Crippen MR) is 106 cm³/mol. The van der Waals surface area contributed by atoms with Crippen LogP contribution in [-0.4, -0.2) is 26.6 Å². The fraction of sp³-hybridized carbons (Fsp3) is 0.238. The quantitative estimate of drug-likeness (QED) is 0.372. The van der Waals surface area contributed by atoms with E-state index in [1.165, 1.54) is 36.2 Å². The average Bonchev–Trinajstić information content (AvgIpc) is 3.54. The van der Waals surface area contributed by atoms with Gasteiger partial charge in [0, 0.05) is 22.4 Å². The SMILES string of the molecule is CO[n+]1cc(Nc2ccc(C(F)(F)F)cc2)nc(-n2c(C3CC3)nc3ncc(F)cc32)c1. The highest BCUT2D eigenvalue weighted by Crippen LogP contribution is 2.41. The summed E-state index contributed by atoms with van der Waals surface area (Å²) in [5, 5.41) is 2.98. The van der Waals surface area contributed by atoms with Crippen LogP contribution in [0.1, 0.15) is 30.1 Å². The van der Waals surface area contributed by atoms with E-state index in [1.54, 1.807) is 10.8 Å². The number of hydrogen-bond acceptors (Lipinski definition) is 5. The molecule has 1 N–H and O–H groups in total. The van der Waals surface area contributed by atoms with E-state index in [1.807, 2.05) is 0 Å². The molecule has 4 aromatic rings. The summed E-state index contributed by atoms with van der Waals surface area (Å²) in [6.07, 6.45) is 1.76. The predicted octanol–water partition coefficient (Wildman–Crippen LogP) is 3.94. The van der Waals surface area contributed by atoms with Crippen LogP contribution in [0.4, 0.5) is 29.1 Å². The summed E-state index contributed by atoms with van der Waals surface area (Å²) in [5.41, 5.74) is 0.537. The van der Waals surface area contributed by atoms with Crippen LogP contribution in [0.25, 0.3) is 17.0 Å². The zero-order valence-corrected chi connectivity index (χ0v) is 16.8. The second-order valence-electron chi connectivity index (χ2n) is 7.43. The van der Waals surface area contributed by atoms with Crippen molar-refractivity contribution < 1.29 is 27.1 Å². The highest BCUT2D eigenvalue weighted by molar-refractivity contribution is 5.74. The topological polar surface area (TPSA) is 68.7 Å². The lowest BCUT2D eigenvalue weighted by Crippen LogP contribution is -2.41. The molecule has 164 valence electrons. The zero-order chi connectivity index (χ0) is 22.5. The number of alkyl halides is 3. The number of pyridine rings is 1. The van der Waals surface area contributed by atoms with Crippen molar-refractivity contribution in [3.05, 3.63) is 66.1 Å². The molecule has 11 heteroatoms. The Morgan fingerprint density at radius 3 is 2.53 bits per heavy atom. The summed E-state index contributed by atoms with van der Waals surface area (Å²) in [6.45, 7) is 0. The van der Waals surface area contributed by atoms with Crippen molar-refractivity contribution in [3.63, 3.8) is 0 Å². The molecule has 0 amide bonds. The molecular weight excluding hydrogens is 428 g/mol. The number of imidazole rings is 1. The maximum Gasteiger partial charge on any atom is 0.416 e. The molecule has 32 heavy (non-hydrogen) atoms. The Kier molecular flexibility index (Phi) is 4.68. The lowest BCUT2D eigenvalue weighted by molar-refractivity contribution is -0.885. The molecule has 0 radical (unpaired) electrons. The molecule has 0 bridgehead atoms. The minimum atomic E-state index is -4.42. The molecule has 1 aliphatic rings. The molecule has 1 saturated carbocycles. The van der Waals surface area contributed by atoms with Crippen molar-refractivity contribution in [3.8, 4) is 5.82 Å². The van der Waals surface area contributed by atoms with E-state index < -0.39 is 17.6 Å². The number of nitrogens with zero attached hydrogens (tertiary/aromatic N) is 5. The monoisotopic (exact) mass is 445 g/mol. The van der Waals surface area contributed by atoms with Gasteiger partial charge in [-0.25, -0.2) is 19.3 Å². The fourth-order valence-corrected chi connectivity index (χ4v) is 3.43. The summed E-state index contributed by atoms with van der Waals surface area (Å²) in [5.74, 6) is 1.16. The van der Waals surface area contributed by atoms with Gasteiger partial charge in [-0.3, -0.25) is 9.40 Å². The molecule has 0 unspecified atom stereocenters. The van der Waals surface area contributed by atoms with E-state index in [-0.39, 0.29) is 5.92 Å². The van der Waals surface area contributed by atoms with Gasteiger partial charge in [0.05, 0.1) is 17.3 Å². The number of aromatic nitrogens is 5. The van der Waals surface area contributed by atoms with Gasteiger partial charge in [-0.05, 0) is 37.1 Å². The number of benzene rings is 1. The van der Waals surface area contributed by atoms with Crippen molar-refractivity contribution in [2.45, 2.75) is 24.9 Å². The maximum absolute atomic E-state index is 13.9. The normalized spacial score (nSPS) is 14.0. The van der Waals surface area contributed by atoms with E-state index in [0.717, 1.165) is 37.0 Å². The first-order valence-electron chi connectivity index (χ1n) is 9.78. The highest BCUT2D eigenvalue weighted by atomic mass is 19.4. The summed E-state index contributed by atoms with van der Waals surface area (Å²) in [4.78, 5) is 18.5. The maximum atomic E-state index is 13.9. The number of rotatable bonds is 5. The highest BCUT2D eigenvalue weighted by Gasteiger charge is 2.32. The lowest BCUT2D eigenvalue weighted by Gasteiger charge is -2.10. The standard InChI is InChI=1S/C21H17F4N6O/c1-32-30-10-17(27-15-6-4-13(5-7-15)21(23,24)25)28-18(11-30)31-16-8-14(22)9-26-19(16)29-20(31)12-2-3-12/h4-12H,2-3H2,1H3,(H,27,28)/q+1. The summed E-state index contributed by atoms with van der Waals surface area (Å²) in [6, 6.07) is 5.95. The largest absolute Gasteiger partial charge is 0.416 e. The molecule has 0 aliphatic heterocycles. The number of halogens is 4. The Morgan fingerprint density at radius 1 is 1.12 bits per heavy atom. The summed E-state index contributed by atoms with van der Waals surface area (Å²) < 4.78 is 55.5. The van der Waals surface area contributed by atoms with E-state index in [0.29, 0.717) is 28.5 Å². The van der Waals surface area contributed by atoms with Crippen LogP contribution >= 0.6 is 0 Å². The van der Waals surface area contributed by atoms with E-state index in [4.69, 9.17) is 4.84 Å². The number of anilines is 2. The second-order valence-corrected chi connectivity index (χ2v) is 7.43. The Balaban J connectivity index is 1.57. The van der Waals surface area contributed by atoms with E-state index in [2.05, 4.69) is 20.3 Å². The summed E-state index contributed by atoms with van der Waals surface area (Å²) in [7, 11) is 1.46. The summed E-state index contributed by atoms with van der Waals surface area (Å²) >= 11 is 0. The Morgan fingerprint density at radius 2 is 1.88 bits per heavy atom. The minimum Gasteiger partial charge on any atom is -0.335 e. The van der Waals surface area contributed by atoms with Crippen molar-refractivity contribution in [2.24, 2.45) is 0 Å². The van der Waals surface area contributed by atoms with Crippen LogP contribution in [0.3, 0.4) is 0 Å². The van der Waals surface area contributed by atoms with Gasteiger partial charge in [-0.1, -0.05) is 0 Å². The third-order valence-electron chi connectivity index (χ3n) is 5.10. The van der Waals surface area contributed by atoms with Crippen LogP contribution in [0.2, 0.25) is 0 Å². The minimum absolute atomic E-state index is 0.219. The smallest absolute Gasteiger partial charge is 0.335 e.